The monoisotopic (exact) mass is 357 g/mol. The number of hydrogen-bond acceptors (Lipinski definition) is 5. The van der Waals surface area contributed by atoms with Gasteiger partial charge in [0, 0.05) is 31.7 Å². The summed E-state index contributed by atoms with van der Waals surface area (Å²) in [7, 11) is 1.85. The Bertz CT molecular complexity index is 893. The molecular weight excluding hydrogens is 334 g/mol. The van der Waals surface area contributed by atoms with Crippen molar-refractivity contribution in [2.75, 3.05) is 13.1 Å². The molecule has 4 rings (SSSR count). The summed E-state index contributed by atoms with van der Waals surface area (Å²) in [6, 6.07) is 1.78. The summed E-state index contributed by atoms with van der Waals surface area (Å²) >= 11 is 0. The van der Waals surface area contributed by atoms with Crippen LogP contribution in [0.15, 0.2) is 10.9 Å². The number of aryl methyl sites for hydroxylation is 2. The van der Waals surface area contributed by atoms with E-state index in [-0.39, 0.29) is 29.6 Å². The van der Waals surface area contributed by atoms with E-state index in [4.69, 9.17) is 0 Å². The number of hydrogen-bond donors (Lipinski definition) is 2. The first-order valence-electron chi connectivity index (χ1n) is 9.12. The normalized spacial score (nSPS) is 17.5. The van der Waals surface area contributed by atoms with Gasteiger partial charge in [0.1, 0.15) is 18.0 Å². The van der Waals surface area contributed by atoms with E-state index in [0.29, 0.717) is 18.9 Å². The largest absolute Gasteiger partial charge is 0.388 e. The van der Waals surface area contributed by atoms with Crippen LogP contribution in [0.1, 0.15) is 58.4 Å². The fraction of sp³-hybridized carbons (Fsp3) is 0.556. The number of aliphatic hydroxyl groups excluding tert-OH is 1. The molecule has 26 heavy (non-hydrogen) atoms. The molecule has 0 atom stereocenters. The van der Waals surface area contributed by atoms with Crippen LogP contribution in [-0.2, 0) is 26.5 Å². The summed E-state index contributed by atoms with van der Waals surface area (Å²) < 4.78 is 1.83. The maximum absolute atomic E-state index is 12.8. The van der Waals surface area contributed by atoms with Crippen LogP contribution in [-0.4, -0.2) is 48.8 Å². The number of aromatic amines is 1. The fourth-order valence-corrected chi connectivity index (χ4v) is 4.05. The maximum atomic E-state index is 12.8. The van der Waals surface area contributed by atoms with Gasteiger partial charge < -0.3 is 19.6 Å². The highest BCUT2D eigenvalue weighted by atomic mass is 16.3. The molecule has 1 fully saturated rings. The van der Waals surface area contributed by atoms with Crippen molar-refractivity contribution in [1.29, 1.82) is 0 Å². The van der Waals surface area contributed by atoms with E-state index in [0.717, 1.165) is 49.2 Å². The first-order valence-corrected chi connectivity index (χ1v) is 9.12. The third kappa shape index (κ3) is 2.84. The SMILES string of the molecule is Cn1c(CO)nnc1C1CCN(C(=O)c2cc3c([nH]c2=O)CCC3)CC1. The molecule has 1 aliphatic heterocycles. The summed E-state index contributed by atoms with van der Waals surface area (Å²) in [4.78, 5) is 29.7. The predicted molar refractivity (Wildman–Crippen MR) is 93.9 cm³/mol. The fourth-order valence-electron chi connectivity index (χ4n) is 4.05. The second kappa shape index (κ2) is 6.68. The Morgan fingerprint density at radius 2 is 2.08 bits per heavy atom. The van der Waals surface area contributed by atoms with Crippen LogP contribution in [0.25, 0.3) is 0 Å². The number of fused-ring (bicyclic) bond motifs is 1. The van der Waals surface area contributed by atoms with Crippen LogP contribution in [0.3, 0.4) is 0 Å². The number of nitrogens with zero attached hydrogens (tertiary/aromatic N) is 4. The minimum atomic E-state index is -0.279. The third-order valence-corrected chi connectivity index (χ3v) is 5.61. The van der Waals surface area contributed by atoms with Crippen molar-refractivity contribution >= 4 is 5.91 Å². The third-order valence-electron chi connectivity index (χ3n) is 5.61. The zero-order valence-electron chi connectivity index (χ0n) is 14.9. The number of amides is 1. The van der Waals surface area contributed by atoms with Crippen molar-refractivity contribution in [3.05, 3.63) is 44.9 Å². The smallest absolute Gasteiger partial charge is 0.261 e. The first kappa shape index (κ1) is 17.0. The second-order valence-electron chi connectivity index (χ2n) is 7.13. The number of nitrogens with one attached hydrogen (secondary N) is 1. The molecule has 0 spiro atoms. The van der Waals surface area contributed by atoms with Crippen molar-refractivity contribution in [2.45, 2.75) is 44.6 Å². The van der Waals surface area contributed by atoms with Gasteiger partial charge in [0.05, 0.1) is 0 Å². The number of likely N-dealkylation sites (tertiary alicyclic amines) is 1. The second-order valence-corrected chi connectivity index (χ2v) is 7.13. The van der Waals surface area contributed by atoms with Crippen LogP contribution in [0.2, 0.25) is 0 Å². The number of aliphatic hydroxyl groups is 1. The van der Waals surface area contributed by atoms with Gasteiger partial charge in [-0.25, -0.2) is 0 Å². The van der Waals surface area contributed by atoms with Crippen LogP contribution >= 0.6 is 0 Å². The van der Waals surface area contributed by atoms with Gasteiger partial charge in [0.25, 0.3) is 11.5 Å². The van der Waals surface area contributed by atoms with E-state index < -0.39 is 0 Å². The molecule has 0 aromatic carbocycles. The first-order chi connectivity index (χ1) is 12.6. The highest BCUT2D eigenvalue weighted by Crippen LogP contribution is 2.27. The summed E-state index contributed by atoms with van der Waals surface area (Å²) in [5, 5.41) is 17.4. The Kier molecular flexibility index (Phi) is 4.36. The molecule has 8 heteroatoms. The van der Waals surface area contributed by atoms with Gasteiger partial charge in [-0.3, -0.25) is 9.59 Å². The van der Waals surface area contributed by atoms with Crippen LogP contribution in [0.4, 0.5) is 0 Å². The minimum absolute atomic E-state index is 0.137. The van der Waals surface area contributed by atoms with Crippen molar-refractivity contribution in [1.82, 2.24) is 24.6 Å². The van der Waals surface area contributed by atoms with E-state index in [1.165, 1.54) is 0 Å². The molecule has 0 unspecified atom stereocenters. The van der Waals surface area contributed by atoms with E-state index >= 15 is 0 Å². The molecule has 8 nitrogen and oxygen atoms in total. The van der Waals surface area contributed by atoms with Crippen molar-refractivity contribution in [3.63, 3.8) is 0 Å². The predicted octanol–water partition coefficient (Wildman–Crippen LogP) is 0.504. The Morgan fingerprint density at radius 3 is 2.77 bits per heavy atom. The van der Waals surface area contributed by atoms with Crippen LogP contribution < -0.4 is 5.56 Å². The average molecular weight is 357 g/mol. The number of carbonyl (C=O) groups is 1. The van der Waals surface area contributed by atoms with Gasteiger partial charge in [0.2, 0.25) is 0 Å². The zero-order valence-corrected chi connectivity index (χ0v) is 14.9. The molecule has 3 heterocycles. The maximum Gasteiger partial charge on any atom is 0.261 e. The Labute approximate surface area is 150 Å². The highest BCUT2D eigenvalue weighted by molar-refractivity contribution is 5.94. The molecule has 2 N–H and O–H groups in total. The molecule has 2 aromatic rings. The summed E-state index contributed by atoms with van der Waals surface area (Å²) in [5.41, 5.74) is 2.05. The Balaban J connectivity index is 1.47. The molecular formula is C18H23N5O3. The standard InChI is InChI=1S/C18H23N5O3/c1-22-15(10-24)20-21-16(22)11-5-7-23(8-6-11)18(26)13-9-12-3-2-4-14(12)19-17(13)25/h9,11,24H,2-8,10H2,1H3,(H,19,25). The molecule has 0 radical (unpaired) electrons. The van der Waals surface area contributed by atoms with Gasteiger partial charge in [-0.05, 0) is 43.7 Å². The topological polar surface area (TPSA) is 104 Å². The van der Waals surface area contributed by atoms with E-state index in [1.54, 1.807) is 11.0 Å². The molecule has 1 aliphatic carbocycles. The van der Waals surface area contributed by atoms with E-state index in [9.17, 15) is 14.7 Å². The average Bonchev–Trinajstić information content (AvgIpc) is 3.26. The van der Waals surface area contributed by atoms with Gasteiger partial charge in [0.15, 0.2) is 5.82 Å². The lowest BCUT2D eigenvalue weighted by molar-refractivity contribution is 0.0708. The summed E-state index contributed by atoms with van der Waals surface area (Å²) in [6.07, 6.45) is 4.38. The molecule has 1 saturated heterocycles. The number of piperidine rings is 1. The lowest BCUT2D eigenvalue weighted by Crippen LogP contribution is -2.40. The van der Waals surface area contributed by atoms with E-state index in [1.807, 2.05) is 11.6 Å². The number of pyridine rings is 1. The number of carbonyl (C=O) groups excluding carboxylic acids is 1. The number of H-pyrrole nitrogens is 1. The molecule has 0 bridgehead atoms. The highest BCUT2D eigenvalue weighted by Gasteiger charge is 2.29. The quantitative estimate of drug-likeness (QED) is 0.833. The zero-order chi connectivity index (χ0) is 18.3. The minimum Gasteiger partial charge on any atom is -0.388 e. The molecule has 138 valence electrons. The number of aromatic nitrogens is 4. The van der Waals surface area contributed by atoms with Gasteiger partial charge in [-0.2, -0.15) is 0 Å². The van der Waals surface area contributed by atoms with Crippen molar-refractivity contribution in [2.24, 2.45) is 7.05 Å². The molecule has 2 aromatic heterocycles. The van der Waals surface area contributed by atoms with Crippen LogP contribution in [0.5, 0.6) is 0 Å². The summed E-state index contributed by atoms with van der Waals surface area (Å²) in [5.74, 6) is 1.41. The van der Waals surface area contributed by atoms with Gasteiger partial charge >= 0.3 is 0 Å². The molecule has 1 amide bonds. The Morgan fingerprint density at radius 1 is 1.31 bits per heavy atom. The lowest BCUT2D eigenvalue weighted by Gasteiger charge is -2.31. The molecule has 0 saturated carbocycles. The number of rotatable bonds is 3. The Hall–Kier alpha value is -2.48. The van der Waals surface area contributed by atoms with Crippen molar-refractivity contribution in [3.8, 4) is 0 Å². The lowest BCUT2D eigenvalue weighted by atomic mass is 9.95. The molecule has 2 aliphatic rings. The van der Waals surface area contributed by atoms with Gasteiger partial charge in [-0.1, -0.05) is 0 Å². The van der Waals surface area contributed by atoms with E-state index in [2.05, 4.69) is 15.2 Å². The van der Waals surface area contributed by atoms with Crippen molar-refractivity contribution < 1.29 is 9.90 Å². The van der Waals surface area contributed by atoms with Gasteiger partial charge in [-0.15, -0.1) is 10.2 Å². The van der Waals surface area contributed by atoms with Crippen LogP contribution in [0, 0.1) is 0 Å². The summed E-state index contributed by atoms with van der Waals surface area (Å²) in [6.45, 7) is 1.03.